The third-order valence-corrected chi connectivity index (χ3v) is 2.75. The minimum Gasteiger partial charge on any atom is -0.399 e. The van der Waals surface area contributed by atoms with Gasteiger partial charge in [-0.3, -0.25) is 9.78 Å². The molecule has 1 aromatic heterocycles. The number of nitrogens with zero attached hydrogens (tertiary/aromatic N) is 1. The number of hydrogen-bond donors (Lipinski definition) is 2. The Balaban J connectivity index is 2.25. The van der Waals surface area contributed by atoms with E-state index in [0.717, 1.165) is 0 Å². The van der Waals surface area contributed by atoms with Gasteiger partial charge in [0.05, 0.1) is 16.9 Å². The molecule has 2 rings (SSSR count). The minimum atomic E-state index is -0.348. The zero-order chi connectivity index (χ0) is 13.1. The number of carbonyl (C=O) groups is 1. The molecule has 1 amide bonds. The second-order valence-corrected chi connectivity index (χ2v) is 4.43. The largest absolute Gasteiger partial charge is 0.399 e. The number of pyridine rings is 1. The van der Waals surface area contributed by atoms with Crippen molar-refractivity contribution in [3.63, 3.8) is 0 Å². The van der Waals surface area contributed by atoms with Crippen LogP contribution in [0.5, 0.6) is 0 Å². The van der Waals surface area contributed by atoms with Gasteiger partial charge in [-0.25, -0.2) is 0 Å². The molecule has 0 bridgehead atoms. The van der Waals surface area contributed by atoms with E-state index in [1.165, 1.54) is 24.5 Å². The molecule has 0 atom stereocenters. The van der Waals surface area contributed by atoms with Crippen LogP contribution < -0.4 is 11.1 Å². The van der Waals surface area contributed by atoms with Crippen LogP contribution in [-0.2, 0) is 0 Å². The molecule has 92 valence electrons. The van der Waals surface area contributed by atoms with E-state index in [-0.39, 0.29) is 5.91 Å². The van der Waals surface area contributed by atoms with Crippen molar-refractivity contribution >= 4 is 40.5 Å². The summed E-state index contributed by atoms with van der Waals surface area (Å²) in [5, 5.41) is 3.44. The molecule has 18 heavy (non-hydrogen) atoms. The van der Waals surface area contributed by atoms with Crippen LogP contribution in [0.15, 0.2) is 36.7 Å². The Morgan fingerprint density at radius 2 is 2.06 bits per heavy atom. The molecule has 0 aliphatic heterocycles. The Hall–Kier alpha value is -1.78. The van der Waals surface area contributed by atoms with E-state index >= 15 is 0 Å². The van der Waals surface area contributed by atoms with Crippen molar-refractivity contribution in [2.45, 2.75) is 0 Å². The normalized spacial score (nSPS) is 10.1. The predicted octanol–water partition coefficient (Wildman–Crippen LogP) is 3.22. The van der Waals surface area contributed by atoms with Gasteiger partial charge in [0.2, 0.25) is 0 Å². The van der Waals surface area contributed by atoms with Gasteiger partial charge in [-0.2, -0.15) is 0 Å². The van der Waals surface area contributed by atoms with E-state index in [9.17, 15) is 4.79 Å². The summed E-state index contributed by atoms with van der Waals surface area (Å²) < 4.78 is 0. The molecule has 0 aliphatic rings. The Kier molecular flexibility index (Phi) is 3.69. The van der Waals surface area contributed by atoms with Crippen LogP contribution in [-0.4, -0.2) is 10.9 Å². The van der Waals surface area contributed by atoms with Crippen molar-refractivity contribution in [1.29, 1.82) is 0 Å². The number of nitrogen functional groups attached to an aromatic ring is 1. The highest BCUT2D eigenvalue weighted by Gasteiger charge is 2.09. The Labute approximate surface area is 114 Å². The van der Waals surface area contributed by atoms with Crippen LogP contribution in [0.2, 0.25) is 10.0 Å². The number of hydrogen-bond acceptors (Lipinski definition) is 3. The maximum absolute atomic E-state index is 12.0. The summed E-state index contributed by atoms with van der Waals surface area (Å²) in [4.78, 5) is 15.8. The van der Waals surface area contributed by atoms with Crippen molar-refractivity contribution in [1.82, 2.24) is 4.98 Å². The molecule has 0 saturated heterocycles. The molecule has 0 unspecified atom stereocenters. The van der Waals surface area contributed by atoms with Crippen molar-refractivity contribution in [2.75, 3.05) is 11.1 Å². The number of carbonyl (C=O) groups excluding carboxylic acids is 1. The molecular weight excluding hydrogens is 273 g/mol. The Morgan fingerprint density at radius 1 is 1.28 bits per heavy atom. The van der Waals surface area contributed by atoms with Gasteiger partial charge >= 0.3 is 0 Å². The maximum atomic E-state index is 12.0. The van der Waals surface area contributed by atoms with E-state index in [0.29, 0.717) is 27.0 Å². The lowest BCUT2D eigenvalue weighted by atomic mass is 10.2. The first-order valence-electron chi connectivity index (χ1n) is 5.03. The number of anilines is 2. The van der Waals surface area contributed by atoms with Crippen LogP contribution in [0.4, 0.5) is 11.4 Å². The van der Waals surface area contributed by atoms with Crippen LogP contribution in [0, 0.1) is 0 Å². The van der Waals surface area contributed by atoms with Gasteiger partial charge in [0, 0.05) is 22.5 Å². The van der Waals surface area contributed by atoms with E-state index < -0.39 is 0 Å². The number of nitrogens with one attached hydrogen (secondary N) is 1. The quantitative estimate of drug-likeness (QED) is 0.831. The van der Waals surface area contributed by atoms with Gasteiger partial charge < -0.3 is 11.1 Å². The van der Waals surface area contributed by atoms with Gasteiger partial charge in [0.15, 0.2) is 0 Å². The van der Waals surface area contributed by atoms with Crippen molar-refractivity contribution in [2.24, 2.45) is 0 Å². The molecule has 1 aromatic carbocycles. The monoisotopic (exact) mass is 281 g/mol. The fourth-order valence-corrected chi connectivity index (χ4v) is 1.80. The number of aromatic nitrogens is 1. The van der Waals surface area contributed by atoms with Gasteiger partial charge in [0.1, 0.15) is 0 Å². The molecule has 4 nitrogen and oxygen atoms in total. The average molecular weight is 282 g/mol. The molecule has 0 aliphatic carbocycles. The number of halogens is 2. The zero-order valence-electron chi connectivity index (χ0n) is 9.15. The first-order valence-corrected chi connectivity index (χ1v) is 5.79. The maximum Gasteiger partial charge on any atom is 0.255 e. The molecule has 0 spiro atoms. The SMILES string of the molecule is Nc1cc(Cl)cc(C(=O)Nc2cnccc2Cl)c1. The highest BCUT2D eigenvalue weighted by molar-refractivity contribution is 6.34. The highest BCUT2D eigenvalue weighted by atomic mass is 35.5. The lowest BCUT2D eigenvalue weighted by Crippen LogP contribution is -2.12. The van der Waals surface area contributed by atoms with Crippen LogP contribution >= 0.6 is 23.2 Å². The third-order valence-electron chi connectivity index (χ3n) is 2.20. The molecule has 0 radical (unpaired) electrons. The van der Waals surface area contributed by atoms with Gasteiger partial charge in [-0.05, 0) is 24.3 Å². The smallest absolute Gasteiger partial charge is 0.255 e. The molecule has 0 saturated carbocycles. The summed E-state index contributed by atoms with van der Waals surface area (Å²) in [7, 11) is 0. The average Bonchev–Trinajstić information content (AvgIpc) is 2.31. The van der Waals surface area contributed by atoms with Crippen molar-refractivity contribution < 1.29 is 4.79 Å². The van der Waals surface area contributed by atoms with E-state index in [1.807, 2.05) is 0 Å². The Morgan fingerprint density at radius 3 is 2.72 bits per heavy atom. The standard InChI is InChI=1S/C12H9Cl2N3O/c13-8-3-7(4-9(15)5-8)12(18)17-11-6-16-2-1-10(11)14/h1-6H,15H2,(H,17,18). The van der Waals surface area contributed by atoms with Crippen LogP contribution in [0.1, 0.15) is 10.4 Å². The second-order valence-electron chi connectivity index (χ2n) is 3.58. The first-order chi connectivity index (χ1) is 8.56. The lowest BCUT2D eigenvalue weighted by molar-refractivity contribution is 0.102. The molecule has 2 aromatic rings. The van der Waals surface area contributed by atoms with E-state index in [4.69, 9.17) is 28.9 Å². The molecule has 1 heterocycles. The molecule has 6 heteroatoms. The summed E-state index contributed by atoms with van der Waals surface area (Å²) in [6.45, 7) is 0. The molecular formula is C12H9Cl2N3O. The predicted molar refractivity (Wildman–Crippen MR) is 73.1 cm³/mol. The van der Waals surface area contributed by atoms with Crippen LogP contribution in [0.25, 0.3) is 0 Å². The third kappa shape index (κ3) is 2.91. The number of benzene rings is 1. The van der Waals surface area contributed by atoms with E-state index in [2.05, 4.69) is 10.3 Å². The summed E-state index contributed by atoms with van der Waals surface area (Å²) in [5.41, 5.74) is 6.83. The van der Waals surface area contributed by atoms with Gasteiger partial charge in [0.25, 0.3) is 5.91 Å². The van der Waals surface area contributed by atoms with E-state index in [1.54, 1.807) is 12.1 Å². The number of rotatable bonds is 2. The number of amides is 1. The van der Waals surface area contributed by atoms with Gasteiger partial charge in [-0.15, -0.1) is 0 Å². The Bertz CT molecular complexity index is 581. The molecule has 0 fully saturated rings. The fraction of sp³-hybridized carbons (Fsp3) is 0. The summed E-state index contributed by atoms with van der Waals surface area (Å²) in [5.74, 6) is -0.348. The summed E-state index contributed by atoms with van der Waals surface area (Å²) in [6, 6.07) is 6.21. The molecule has 3 N–H and O–H groups in total. The first kappa shape index (κ1) is 12.7. The topological polar surface area (TPSA) is 68.0 Å². The van der Waals surface area contributed by atoms with Crippen LogP contribution in [0.3, 0.4) is 0 Å². The summed E-state index contributed by atoms with van der Waals surface area (Å²) >= 11 is 11.7. The minimum absolute atomic E-state index is 0.348. The fourth-order valence-electron chi connectivity index (χ4n) is 1.41. The summed E-state index contributed by atoms with van der Waals surface area (Å²) in [6.07, 6.45) is 3.00. The van der Waals surface area contributed by atoms with Gasteiger partial charge in [-0.1, -0.05) is 23.2 Å². The second kappa shape index (κ2) is 5.25. The van der Waals surface area contributed by atoms with Crippen molar-refractivity contribution in [3.8, 4) is 0 Å². The number of nitrogens with two attached hydrogens (primary N) is 1. The highest BCUT2D eigenvalue weighted by Crippen LogP contribution is 2.21. The lowest BCUT2D eigenvalue weighted by Gasteiger charge is -2.07. The zero-order valence-corrected chi connectivity index (χ0v) is 10.7. The van der Waals surface area contributed by atoms with Crippen molar-refractivity contribution in [3.05, 3.63) is 52.3 Å².